The van der Waals surface area contributed by atoms with E-state index in [0.717, 1.165) is 40.7 Å². The molecule has 0 fully saturated rings. The maximum Gasteiger partial charge on any atom is 0.191 e. The van der Waals surface area contributed by atoms with Gasteiger partial charge in [0.1, 0.15) is 11.6 Å². The fourth-order valence-corrected chi connectivity index (χ4v) is 3.13. The summed E-state index contributed by atoms with van der Waals surface area (Å²) in [6.45, 7) is 3.62. The Morgan fingerprint density at radius 2 is 1.97 bits per heavy atom. The summed E-state index contributed by atoms with van der Waals surface area (Å²) >= 11 is 0. The molecule has 2 aromatic carbocycles. The highest BCUT2D eigenvalue weighted by molar-refractivity contribution is 14.0. The molecule has 0 aliphatic rings. The number of benzene rings is 2. The van der Waals surface area contributed by atoms with E-state index in [1.165, 1.54) is 12.1 Å². The summed E-state index contributed by atoms with van der Waals surface area (Å²) in [5.74, 6) is 1.14. The van der Waals surface area contributed by atoms with Gasteiger partial charge < -0.3 is 25.5 Å². The molecule has 4 N–H and O–H groups in total. The molecule has 0 bridgehead atoms. The number of nitrogens with one attached hydrogen (secondary N) is 3. The van der Waals surface area contributed by atoms with Gasteiger partial charge in [-0.3, -0.25) is 4.99 Å². The number of aromatic nitrogens is 1. The molecular formula is C22H28FIN4O2. The third-order valence-electron chi connectivity index (χ3n) is 4.68. The van der Waals surface area contributed by atoms with Crippen molar-refractivity contribution in [2.45, 2.75) is 19.4 Å². The van der Waals surface area contributed by atoms with E-state index in [-0.39, 0.29) is 36.3 Å². The molecule has 1 heterocycles. The first-order chi connectivity index (χ1) is 14.1. The zero-order chi connectivity index (χ0) is 20.6. The zero-order valence-electron chi connectivity index (χ0n) is 17.1. The predicted octanol–water partition coefficient (Wildman–Crippen LogP) is 3.76. The fraction of sp³-hybridized carbons (Fsp3) is 0.318. The summed E-state index contributed by atoms with van der Waals surface area (Å²) in [4.78, 5) is 7.58. The van der Waals surface area contributed by atoms with Gasteiger partial charge in [-0.1, -0.05) is 12.1 Å². The molecule has 0 aliphatic heterocycles. The van der Waals surface area contributed by atoms with Crippen molar-refractivity contribution in [2.24, 2.45) is 4.99 Å². The quantitative estimate of drug-likeness (QED) is 0.205. The number of nitrogens with zero attached hydrogens (tertiary/aromatic N) is 1. The molecule has 3 rings (SSSR count). The number of guanidine groups is 1. The highest BCUT2D eigenvalue weighted by Crippen LogP contribution is 2.20. The van der Waals surface area contributed by atoms with Crippen LogP contribution in [0, 0.1) is 5.82 Å². The Labute approximate surface area is 193 Å². The number of methoxy groups -OCH3 is 1. The Hall–Kier alpha value is -2.33. The Kier molecular flexibility index (Phi) is 9.38. The third kappa shape index (κ3) is 6.33. The third-order valence-corrected chi connectivity index (χ3v) is 4.68. The average Bonchev–Trinajstić information content (AvgIpc) is 3.13. The molecule has 6 nitrogen and oxygen atoms in total. The summed E-state index contributed by atoms with van der Waals surface area (Å²) in [7, 11) is 1.61. The predicted molar refractivity (Wildman–Crippen MR) is 129 cm³/mol. The molecule has 1 atom stereocenters. The highest BCUT2D eigenvalue weighted by atomic mass is 127. The van der Waals surface area contributed by atoms with Crippen molar-refractivity contribution in [3.05, 3.63) is 65.6 Å². The van der Waals surface area contributed by atoms with Crippen molar-refractivity contribution in [3.63, 3.8) is 0 Å². The lowest BCUT2D eigenvalue weighted by molar-refractivity contribution is 0.187. The van der Waals surface area contributed by atoms with E-state index in [4.69, 9.17) is 4.74 Å². The van der Waals surface area contributed by atoms with E-state index < -0.39 is 6.10 Å². The molecule has 0 amide bonds. The lowest BCUT2D eigenvalue weighted by Gasteiger charge is -2.13. The zero-order valence-corrected chi connectivity index (χ0v) is 19.4. The Morgan fingerprint density at radius 3 is 2.67 bits per heavy atom. The van der Waals surface area contributed by atoms with Crippen LogP contribution in [-0.4, -0.2) is 42.8 Å². The van der Waals surface area contributed by atoms with E-state index in [9.17, 15) is 9.50 Å². The lowest BCUT2D eigenvalue weighted by atomic mass is 10.1. The van der Waals surface area contributed by atoms with Crippen LogP contribution in [0.4, 0.5) is 4.39 Å². The molecule has 0 saturated heterocycles. The number of aliphatic hydroxyl groups excluding tert-OH is 1. The smallest absolute Gasteiger partial charge is 0.191 e. The molecule has 0 saturated carbocycles. The minimum absolute atomic E-state index is 0. The van der Waals surface area contributed by atoms with Crippen LogP contribution in [-0.2, 0) is 6.42 Å². The second-order valence-electron chi connectivity index (χ2n) is 6.69. The SMILES string of the molecule is CCNC(=NCC(O)c1ccc(OC)cc1)NCCc1c[nH]c2cc(F)ccc12.I. The second-order valence-corrected chi connectivity index (χ2v) is 6.69. The van der Waals surface area contributed by atoms with Gasteiger partial charge in [-0.05, 0) is 54.8 Å². The fourth-order valence-electron chi connectivity index (χ4n) is 3.13. The molecule has 1 unspecified atom stereocenters. The van der Waals surface area contributed by atoms with Gasteiger partial charge in [0.05, 0.1) is 19.8 Å². The molecule has 8 heteroatoms. The number of aliphatic hydroxyl groups is 1. The van der Waals surface area contributed by atoms with Crippen molar-refractivity contribution in [1.29, 1.82) is 0 Å². The molecule has 0 radical (unpaired) electrons. The van der Waals surface area contributed by atoms with Crippen molar-refractivity contribution in [3.8, 4) is 5.75 Å². The number of fused-ring (bicyclic) bond motifs is 1. The minimum Gasteiger partial charge on any atom is -0.497 e. The van der Waals surface area contributed by atoms with Gasteiger partial charge in [0, 0.05) is 30.2 Å². The molecule has 3 aromatic rings. The molecule has 30 heavy (non-hydrogen) atoms. The van der Waals surface area contributed by atoms with Crippen molar-refractivity contribution in [1.82, 2.24) is 15.6 Å². The summed E-state index contributed by atoms with van der Waals surface area (Å²) < 4.78 is 18.5. The number of hydrogen-bond acceptors (Lipinski definition) is 3. The summed E-state index contributed by atoms with van der Waals surface area (Å²) in [6, 6.07) is 12.1. The first-order valence-electron chi connectivity index (χ1n) is 9.70. The maximum atomic E-state index is 13.3. The van der Waals surface area contributed by atoms with Crippen molar-refractivity contribution in [2.75, 3.05) is 26.7 Å². The van der Waals surface area contributed by atoms with Crippen LogP contribution in [0.5, 0.6) is 5.75 Å². The number of aromatic amines is 1. The minimum atomic E-state index is -0.695. The van der Waals surface area contributed by atoms with Crippen LogP contribution < -0.4 is 15.4 Å². The summed E-state index contributed by atoms with van der Waals surface area (Å²) in [5, 5.41) is 17.9. The monoisotopic (exact) mass is 526 g/mol. The lowest BCUT2D eigenvalue weighted by Crippen LogP contribution is -2.38. The van der Waals surface area contributed by atoms with Crippen molar-refractivity contribution < 1.29 is 14.2 Å². The number of rotatable bonds is 8. The standard InChI is InChI=1S/C22H27FN4O2.HI/c1-3-24-22(27-14-21(28)15-4-7-18(29-2)8-5-15)25-11-10-16-13-26-20-12-17(23)6-9-19(16)20;/h4-9,12-13,21,26,28H,3,10-11,14H2,1-2H3,(H2,24,25,27);1H. The van der Waals surface area contributed by atoms with Gasteiger partial charge in [0.2, 0.25) is 0 Å². The maximum absolute atomic E-state index is 13.3. The van der Waals surface area contributed by atoms with Crippen LogP contribution in [0.15, 0.2) is 53.7 Å². The van der Waals surface area contributed by atoms with Gasteiger partial charge in [0.25, 0.3) is 0 Å². The van der Waals surface area contributed by atoms with E-state index in [1.807, 2.05) is 37.4 Å². The first-order valence-corrected chi connectivity index (χ1v) is 9.70. The van der Waals surface area contributed by atoms with E-state index >= 15 is 0 Å². The van der Waals surface area contributed by atoms with Gasteiger partial charge in [-0.2, -0.15) is 0 Å². The topological polar surface area (TPSA) is 81.7 Å². The van der Waals surface area contributed by atoms with Gasteiger partial charge >= 0.3 is 0 Å². The molecule has 0 aliphatic carbocycles. The largest absolute Gasteiger partial charge is 0.497 e. The highest BCUT2D eigenvalue weighted by Gasteiger charge is 2.09. The Balaban J connectivity index is 0.00000320. The number of halogens is 2. The second kappa shape index (κ2) is 11.8. The molecule has 0 spiro atoms. The summed E-state index contributed by atoms with van der Waals surface area (Å²) in [6.07, 6.45) is 1.97. The molecule has 162 valence electrons. The number of hydrogen-bond donors (Lipinski definition) is 4. The van der Waals surface area contributed by atoms with E-state index in [0.29, 0.717) is 12.5 Å². The average molecular weight is 526 g/mol. The van der Waals surface area contributed by atoms with Gasteiger partial charge in [0.15, 0.2) is 5.96 Å². The van der Waals surface area contributed by atoms with Crippen LogP contribution in [0.25, 0.3) is 10.9 Å². The Morgan fingerprint density at radius 1 is 1.20 bits per heavy atom. The Bertz CT molecular complexity index is 959. The van der Waals surface area contributed by atoms with Crippen LogP contribution in [0.2, 0.25) is 0 Å². The molecule has 1 aromatic heterocycles. The number of ether oxygens (including phenoxy) is 1. The van der Waals surface area contributed by atoms with Crippen LogP contribution in [0.1, 0.15) is 24.2 Å². The number of H-pyrrole nitrogens is 1. The normalized spacial score (nSPS) is 12.3. The van der Waals surface area contributed by atoms with E-state index in [2.05, 4.69) is 20.6 Å². The van der Waals surface area contributed by atoms with E-state index in [1.54, 1.807) is 13.2 Å². The van der Waals surface area contributed by atoms with Gasteiger partial charge in [-0.25, -0.2) is 4.39 Å². The van der Waals surface area contributed by atoms with Crippen LogP contribution in [0.3, 0.4) is 0 Å². The number of aliphatic imine (C=N–C) groups is 1. The van der Waals surface area contributed by atoms with Gasteiger partial charge in [-0.15, -0.1) is 24.0 Å². The van der Waals surface area contributed by atoms with Crippen LogP contribution >= 0.6 is 24.0 Å². The first kappa shape index (κ1) is 23.9. The van der Waals surface area contributed by atoms with Crippen molar-refractivity contribution >= 4 is 40.8 Å². The summed E-state index contributed by atoms with van der Waals surface area (Å²) in [5.41, 5.74) is 2.70. The molecular weight excluding hydrogens is 498 g/mol.